The van der Waals surface area contributed by atoms with E-state index in [0.29, 0.717) is 10.9 Å². The Morgan fingerprint density at radius 1 is 0.783 bits per heavy atom. The lowest BCUT2D eigenvalue weighted by molar-refractivity contribution is 0.0649. The zero-order valence-electron chi connectivity index (χ0n) is 12.1. The Labute approximate surface area is 131 Å². The zero-order valence-corrected chi connectivity index (χ0v) is 12.1. The van der Waals surface area contributed by atoms with Gasteiger partial charge in [-0.15, -0.1) is 0 Å². The van der Waals surface area contributed by atoms with Crippen molar-refractivity contribution in [2.24, 2.45) is 0 Å². The molecule has 2 N–H and O–H groups in total. The van der Waals surface area contributed by atoms with Crippen LogP contribution in [0.1, 0.15) is 10.5 Å². The lowest BCUT2D eigenvalue weighted by Crippen LogP contribution is -2.04. The minimum absolute atomic E-state index is 0.143. The first-order valence-electron chi connectivity index (χ1n) is 7.21. The van der Waals surface area contributed by atoms with Gasteiger partial charge in [0.1, 0.15) is 0 Å². The fourth-order valence-electron chi connectivity index (χ4n) is 2.89. The maximum atomic E-state index is 11.1. The minimum atomic E-state index is -1.16. The number of nitrogens with zero attached hydrogens (tertiary/aromatic N) is 1. The summed E-state index contributed by atoms with van der Waals surface area (Å²) in [6.07, 6.45) is 0. The number of hydrogen-bond donors (Lipinski definition) is 2. The Bertz CT molecular complexity index is 1060. The van der Waals surface area contributed by atoms with Gasteiger partial charge in [-0.25, -0.2) is 4.79 Å². The van der Waals surface area contributed by atoms with Crippen LogP contribution in [0.3, 0.4) is 0 Å². The molecule has 3 aromatic carbocycles. The van der Waals surface area contributed by atoms with Gasteiger partial charge in [-0.2, -0.15) is 4.73 Å². The summed E-state index contributed by atoms with van der Waals surface area (Å²) in [5, 5.41) is 22.1. The van der Waals surface area contributed by atoms with E-state index in [2.05, 4.69) is 24.3 Å². The lowest BCUT2D eigenvalue weighted by atomic mass is 10.0. The number of rotatable bonds is 2. The summed E-state index contributed by atoms with van der Waals surface area (Å²) < 4.78 is 0.724. The van der Waals surface area contributed by atoms with E-state index in [9.17, 15) is 10.0 Å². The van der Waals surface area contributed by atoms with Crippen LogP contribution in [0.5, 0.6) is 0 Å². The van der Waals surface area contributed by atoms with Gasteiger partial charge in [0.25, 0.3) is 0 Å². The van der Waals surface area contributed by atoms with Crippen LogP contribution in [-0.4, -0.2) is 21.0 Å². The van der Waals surface area contributed by atoms with E-state index in [-0.39, 0.29) is 5.69 Å². The quantitative estimate of drug-likeness (QED) is 0.540. The molecule has 0 unspecified atom stereocenters. The number of carbonyl (C=O) groups is 1. The van der Waals surface area contributed by atoms with E-state index >= 15 is 0 Å². The largest absolute Gasteiger partial charge is 0.476 e. The molecular weight excluding hydrogens is 290 g/mol. The second-order valence-electron chi connectivity index (χ2n) is 5.48. The molecule has 4 aromatic rings. The van der Waals surface area contributed by atoms with E-state index < -0.39 is 5.97 Å². The fraction of sp³-hybridized carbons (Fsp3) is 0. The summed E-state index contributed by atoms with van der Waals surface area (Å²) >= 11 is 0. The molecule has 0 saturated heterocycles. The van der Waals surface area contributed by atoms with E-state index in [1.54, 1.807) is 6.07 Å². The first kappa shape index (κ1) is 13.4. The van der Waals surface area contributed by atoms with Crippen LogP contribution in [0.4, 0.5) is 0 Å². The molecule has 0 amide bonds. The topological polar surface area (TPSA) is 62.5 Å². The molecule has 0 atom stereocenters. The van der Waals surface area contributed by atoms with Crippen molar-refractivity contribution >= 4 is 27.6 Å². The van der Waals surface area contributed by atoms with Gasteiger partial charge in [0, 0.05) is 5.39 Å². The molecule has 0 aliphatic heterocycles. The monoisotopic (exact) mass is 303 g/mol. The molecule has 0 saturated carbocycles. The number of carboxylic acids is 1. The molecule has 4 rings (SSSR count). The summed E-state index contributed by atoms with van der Waals surface area (Å²) in [6.45, 7) is 0. The minimum Gasteiger partial charge on any atom is -0.476 e. The third-order valence-corrected chi connectivity index (χ3v) is 4.08. The maximum absolute atomic E-state index is 11.1. The predicted octanol–water partition coefficient (Wildman–Crippen LogP) is 4.40. The Morgan fingerprint density at radius 2 is 1.43 bits per heavy atom. The normalized spacial score (nSPS) is 11.1. The highest BCUT2D eigenvalue weighted by atomic mass is 16.5. The highest BCUT2D eigenvalue weighted by molar-refractivity contribution is 5.96. The predicted molar refractivity (Wildman–Crippen MR) is 89.0 cm³/mol. The van der Waals surface area contributed by atoms with Crippen molar-refractivity contribution in [2.75, 3.05) is 0 Å². The lowest BCUT2D eigenvalue weighted by Gasteiger charge is -2.05. The zero-order chi connectivity index (χ0) is 16.0. The molecule has 0 spiro atoms. The van der Waals surface area contributed by atoms with E-state index in [1.807, 2.05) is 30.3 Å². The van der Waals surface area contributed by atoms with Crippen LogP contribution in [0.15, 0.2) is 66.7 Å². The first-order chi connectivity index (χ1) is 11.1. The maximum Gasteiger partial charge on any atom is 0.356 e. The van der Waals surface area contributed by atoms with Gasteiger partial charge >= 0.3 is 5.97 Å². The number of hydrogen-bond acceptors (Lipinski definition) is 2. The third-order valence-electron chi connectivity index (χ3n) is 4.08. The van der Waals surface area contributed by atoms with Crippen molar-refractivity contribution in [2.45, 2.75) is 0 Å². The number of benzene rings is 3. The molecule has 112 valence electrons. The summed E-state index contributed by atoms with van der Waals surface area (Å²) in [7, 11) is 0. The average molecular weight is 303 g/mol. The smallest absolute Gasteiger partial charge is 0.356 e. The van der Waals surface area contributed by atoms with Gasteiger partial charge < -0.3 is 10.3 Å². The van der Waals surface area contributed by atoms with Crippen LogP contribution in [-0.2, 0) is 0 Å². The average Bonchev–Trinajstić information content (AvgIpc) is 2.91. The molecule has 0 aliphatic rings. The van der Waals surface area contributed by atoms with Crippen LogP contribution in [0.25, 0.3) is 32.8 Å². The number of aromatic carboxylic acids is 1. The van der Waals surface area contributed by atoms with Gasteiger partial charge in [0.2, 0.25) is 0 Å². The molecule has 0 radical (unpaired) electrons. The van der Waals surface area contributed by atoms with E-state index in [1.165, 1.54) is 6.07 Å². The number of carboxylic acid groups (broad SMARTS) is 1. The molecule has 1 heterocycles. The van der Waals surface area contributed by atoms with Crippen LogP contribution in [0.2, 0.25) is 0 Å². The Balaban J connectivity index is 1.90. The Morgan fingerprint density at radius 3 is 2.17 bits per heavy atom. The number of fused-ring (bicyclic) bond motifs is 2. The van der Waals surface area contributed by atoms with Crippen molar-refractivity contribution in [1.82, 2.24) is 4.73 Å². The molecule has 4 heteroatoms. The van der Waals surface area contributed by atoms with Gasteiger partial charge in [-0.3, -0.25) is 0 Å². The molecule has 0 fully saturated rings. The van der Waals surface area contributed by atoms with Crippen LogP contribution in [0, 0.1) is 0 Å². The van der Waals surface area contributed by atoms with Gasteiger partial charge in [0.15, 0.2) is 5.69 Å². The molecule has 1 aromatic heterocycles. The third kappa shape index (κ3) is 2.12. The van der Waals surface area contributed by atoms with Crippen LogP contribution >= 0.6 is 0 Å². The van der Waals surface area contributed by atoms with Crippen molar-refractivity contribution in [3.63, 3.8) is 0 Å². The van der Waals surface area contributed by atoms with E-state index in [0.717, 1.165) is 26.6 Å². The van der Waals surface area contributed by atoms with Crippen molar-refractivity contribution in [1.29, 1.82) is 0 Å². The van der Waals surface area contributed by atoms with Gasteiger partial charge in [-0.1, -0.05) is 48.5 Å². The highest BCUT2D eigenvalue weighted by Crippen LogP contribution is 2.28. The summed E-state index contributed by atoms with van der Waals surface area (Å²) in [5.41, 5.74) is 2.28. The van der Waals surface area contributed by atoms with Crippen molar-refractivity contribution in [3.8, 4) is 11.1 Å². The Kier molecular flexibility index (Phi) is 2.84. The second-order valence-corrected chi connectivity index (χ2v) is 5.48. The fourth-order valence-corrected chi connectivity index (χ4v) is 2.89. The summed E-state index contributed by atoms with van der Waals surface area (Å²) in [5.74, 6) is -1.16. The van der Waals surface area contributed by atoms with Crippen molar-refractivity contribution < 1.29 is 15.1 Å². The van der Waals surface area contributed by atoms with Gasteiger partial charge in [0.05, 0.1) is 5.52 Å². The standard InChI is InChI=1S/C19H13NO3/c21-19(22)18-11-16-8-7-15(10-17(16)20(18)23)14-6-5-12-3-1-2-4-13(12)9-14/h1-11,23H,(H,21,22). The number of aromatic nitrogens is 1. The second kappa shape index (κ2) is 4.88. The molecule has 0 aliphatic carbocycles. The molecular formula is C19H13NO3. The summed E-state index contributed by atoms with van der Waals surface area (Å²) in [4.78, 5) is 11.1. The summed E-state index contributed by atoms with van der Waals surface area (Å²) in [6, 6.07) is 21.3. The highest BCUT2D eigenvalue weighted by Gasteiger charge is 2.14. The molecule has 23 heavy (non-hydrogen) atoms. The van der Waals surface area contributed by atoms with Crippen LogP contribution < -0.4 is 0 Å². The van der Waals surface area contributed by atoms with Crippen molar-refractivity contribution in [3.05, 3.63) is 72.4 Å². The SMILES string of the molecule is O=C(O)c1cc2ccc(-c3ccc4ccccc4c3)cc2n1O. The first-order valence-corrected chi connectivity index (χ1v) is 7.21. The van der Waals surface area contributed by atoms with E-state index in [4.69, 9.17) is 5.11 Å². The van der Waals surface area contributed by atoms with Gasteiger partial charge in [-0.05, 0) is 40.1 Å². The molecule has 4 nitrogen and oxygen atoms in total. The Hall–Kier alpha value is -3.27. The molecule has 0 bridgehead atoms.